The highest BCUT2D eigenvalue weighted by Gasteiger charge is 2.10. The number of aryl methyl sites for hydroxylation is 2. The van der Waals surface area contributed by atoms with Crippen molar-refractivity contribution in [1.29, 1.82) is 0 Å². The van der Waals surface area contributed by atoms with Gasteiger partial charge >= 0.3 is 0 Å². The van der Waals surface area contributed by atoms with Crippen molar-refractivity contribution in [2.75, 3.05) is 11.9 Å². The third-order valence-electron chi connectivity index (χ3n) is 2.79. The van der Waals surface area contributed by atoms with Crippen LogP contribution in [0.3, 0.4) is 0 Å². The average Bonchev–Trinajstić information content (AvgIpc) is 2.37. The van der Waals surface area contributed by atoms with E-state index in [0.29, 0.717) is 11.5 Å². The molecule has 0 saturated heterocycles. The van der Waals surface area contributed by atoms with Crippen molar-refractivity contribution in [3.05, 3.63) is 47.3 Å². The van der Waals surface area contributed by atoms with Gasteiger partial charge in [-0.05, 0) is 38.1 Å². The molecule has 0 spiro atoms. The lowest BCUT2D eigenvalue weighted by Crippen LogP contribution is -2.16. The van der Waals surface area contributed by atoms with Crippen LogP contribution in [0.25, 0.3) is 0 Å². The SMILES string of the molecule is Cc1cc(C)nc(N(C)c2cccc(C(N)=O)c2)n1. The van der Waals surface area contributed by atoms with Crippen LogP contribution in [0, 0.1) is 13.8 Å². The normalized spacial score (nSPS) is 10.3. The molecule has 0 aliphatic rings. The van der Waals surface area contributed by atoms with E-state index in [2.05, 4.69) is 9.97 Å². The van der Waals surface area contributed by atoms with Crippen LogP contribution in [0.4, 0.5) is 11.6 Å². The number of carbonyl (C=O) groups excluding carboxylic acids is 1. The molecule has 1 aromatic heterocycles. The van der Waals surface area contributed by atoms with Crippen LogP contribution in [0.5, 0.6) is 0 Å². The van der Waals surface area contributed by atoms with E-state index in [9.17, 15) is 4.79 Å². The first-order chi connectivity index (χ1) is 8.97. The second kappa shape index (κ2) is 5.06. The molecular weight excluding hydrogens is 240 g/mol. The molecule has 0 atom stereocenters. The number of primary amides is 1. The van der Waals surface area contributed by atoms with Gasteiger partial charge in [-0.15, -0.1) is 0 Å². The van der Waals surface area contributed by atoms with Gasteiger partial charge in [0.05, 0.1) is 0 Å². The fraction of sp³-hybridized carbons (Fsp3) is 0.214. The zero-order valence-electron chi connectivity index (χ0n) is 11.2. The zero-order valence-corrected chi connectivity index (χ0v) is 11.2. The Balaban J connectivity index is 2.40. The first kappa shape index (κ1) is 13.0. The molecule has 1 amide bonds. The summed E-state index contributed by atoms with van der Waals surface area (Å²) in [7, 11) is 1.86. The number of aromatic nitrogens is 2. The van der Waals surface area contributed by atoms with Crippen LogP contribution < -0.4 is 10.6 Å². The molecule has 1 aromatic carbocycles. The smallest absolute Gasteiger partial charge is 0.248 e. The van der Waals surface area contributed by atoms with Gasteiger partial charge in [-0.25, -0.2) is 9.97 Å². The second-order valence-electron chi connectivity index (χ2n) is 4.42. The van der Waals surface area contributed by atoms with Crippen molar-refractivity contribution < 1.29 is 4.79 Å². The number of anilines is 2. The van der Waals surface area contributed by atoms with E-state index in [4.69, 9.17) is 5.73 Å². The molecule has 2 aromatic rings. The minimum Gasteiger partial charge on any atom is -0.366 e. The van der Waals surface area contributed by atoms with E-state index in [1.165, 1.54) is 0 Å². The maximum Gasteiger partial charge on any atom is 0.248 e. The van der Waals surface area contributed by atoms with Gasteiger partial charge in [-0.3, -0.25) is 4.79 Å². The number of rotatable bonds is 3. The Bertz CT molecular complexity index is 604. The summed E-state index contributed by atoms with van der Waals surface area (Å²) in [6.45, 7) is 3.84. The van der Waals surface area contributed by atoms with Crippen LogP contribution in [0.1, 0.15) is 21.7 Å². The van der Waals surface area contributed by atoms with Crippen molar-refractivity contribution in [2.45, 2.75) is 13.8 Å². The molecule has 0 aliphatic heterocycles. The number of nitrogens with two attached hydrogens (primary N) is 1. The maximum absolute atomic E-state index is 11.2. The highest BCUT2D eigenvalue weighted by atomic mass is 16.1. The second-order valence-corrected chi connectivity index (χ2v) is 4.42. The number of carbonyl (C=O) groups is 1. The minimum atomic E-state index is -0.448. The Kier molecular flexibility index (Phi) is 3.46. The van der Waals surface area contributed by atoms with Crippen molar-refractivity contribution in [3.8, 4) is 0 Å². The Hall–Kier alpha value is -2.43. The summed E-state index contributed by atoms with van der Waals surface area (Å²) in [4.78, 5) is 21.8. The Morgan fingerprint density at radius 2 is 1.79 bits per heavy atom. The van der Waals surface area contributed by atoms with Crippen molar-refractivity contribution in [3.63, 3.8) is 0 Å². The van der Waals surface area contributed by atoms with Gasteiger partial charge in [-0.2, -0.15) is 0 Å². The van der Waals surface area contributed by atoms with Crippen LogP contribution in [-0.2, 0) is 0 Å². The molecule has 0 radical (unpaired) electrons. The fourth-order valence-electron chi connectivity index (χ4n) is 1.84. The molecule has 2 N–H and O–H groups in total. The molecule has 2 rings (SSSR count). The molecule has 19 heavy (non-hydrogen) atoms. The predicted molar refractivity (Wildman–Crippen MR) is 74.5 cm³/mol. The molecule has 98 valence electrons. The van der Waals surface area contributed by atoms with Gasteiger partial charge in [0.15, 0.2) is 0 Å². The summed E-state index contributed by atoms with van der Waals surface area (Å²) in [6.07, 6.45) is 0. The molecule has 5 heteroatoms. The lowest BCUT2D eigenvalue weighted by molar-refractivity contribution is 0.100. The van der Waals surface area contributed by atoms with Crippen LogP contribution in [0.2, 0.25) is 0 Å². The summed E-state index contributed by atoms with van der Waals surface area (Å²) in [5, 5.41) is 0. The van der Waals surface area contributed by atoms with E-state index in [-0.39, 0.29) is 0 Å². The highest BCUT2D eigenvalue weighted by Crippen LogP contribution is 2.21. The monoisotopic (exact) mass is 256 g/mol. The summed E-state index contributed by atoms with van der Waals surface area (Å²) in [6, 6.07) is 8.99. The molecule has 0 aliphatic carbocycles. The standard InChI is InChI=1S/C14H16N4O/c1-9-7-10(2)17-14(16-9)18(3)12-6-4-5-11(8-12)13(15)19/h4-8H,1-3H3,(H2,15,19). The zero-order chi connectivity index (χ0) is 14.0. The summed E-state index contributed by atoms with van der Waals surface area (Å²) in [5.74, 6) is 0.149. The van der Waals surface area contributed by atoms with E-state index >= 15 is 0 Å². The lowest BCUT2D eigenvalue weighted by Gasteiger charge is -2.18. The van der Waals surface area contributed by atoms with Gasteiger partial charge in [0.1, 0.15) is 0 Å². The first-order valence-electron chi connectivity index (χ1n) is 5.93. The van der Waals surface area contributed by atoms with Gasteiger partial charge in [0, 0.05) is 29.7 Å². The van der Waals surface area contributed by atoms with Crippen LogP contribution in [0.15, 0.2) is 30.3 Å². The predicted octanol–water partition coefficient (Wildman–Crippen LogP) is 1.96. The van der Waals surface area contributed by atoms with Crippen molar-refractivity contribution in [2.24, 2.45) is 5.73 Å². The molecule has 0 bridgehead atoms. The summed E-state index contributed by atoms with van der Waals surface area (Å²) >= 11 is 0. The molecule has 0 fully saturated rings. The number of hydrogen-bond donors (Lipinski definition) is 1. The average molecular weight is 256 g/mol. The number of hydrogen-bond acceptors (Lipinski definition) is 4. The van der Waals surface area contributed by atoms with Crippen molar-refractivity contribution >= 4 is 17.5 Å². The first-order valence-corrected chi connectivity index (χ1v) is 5.93. The Labute approximate surface area is 112 Å². The van der Waals surface area contributed by atoms with Gasteiger partial charge in [0.2, 0.25) is 11.9 Å². The fourth-order valence-corrected chi connectivity index (χ4v) is 1.84. The van der Waals surface area contributed by atoms with Crippen LogP contribution in [-0.4, -0.2) is 22.9 Å². The maximum atomic E-state index is 11.2. The number of amides is 1. The number of nitrogens with zero attached hydrogens (tertiary/aromatic N) is 3. The van der Waals surface area contributed by atoms with Crippen molar-refractivity contribution in [1.82, 2.24) is 9.97 Å². The van der Waals surface area contributed by atoms with E-state index in [1.807, 2.05) is 37.9 Å². The Morgan fingerprint density at radius 3 is 2.37 bits per heavy atom. The van der Waals surface area contributed by atoms with Crippen LogP contribution >= 0.6 is 0 Å². The third-order valence-corrected chi connectivity index (χ3v) is 2.79. The highest BCUT2D eigenvalue weighted by molar-refractivity contribution is 5.93. The van der Waals surface area contributed by atoms with E-state index in [0.717, 1.165) is 17.1 Å². The summed E-state index contributed by atoms with van der Waals surface area (Å²) in [5.41, 5.74) is 8.37. The van der Waals surface area contributed by atoms with Gasteiger partial charge in [0.25, 0.3) is 0 Å². The third kappa shape index (κ3) is 2.88. The Morgan fingerprint density at radius 1 is 1.16 bits per heavy atom. The lowest BCUT2D eigenvalue weighted by atomic mass is 10.2. The minimum absolute atomic E-state index is 0.448. The van der Waals surface area contributed by atoms with Gasteiger partial charge in [-0.1, -0.05) is 6.07 Å². The molecule has 0 unspecified atom stereocenters. The molecule has 5 nitrogen and oxygen atoms in total. The summed E-state index contributed by atoms with van der Waals surface area (Å²) < 4.78 is 0. The topological polar surface area (TPSA) is 72.1 Å². The molecular formula is C14H16N4O. The molecule has 1 heterocycles. The van der Waals surface area contributed by atoms with E-state index < -0.39 is 5.91 Å². The van der Waals surface area contributed by atoms with E-state index in [1.54, 1.807) is 18.2 Å². The largest absolute Gasteiger partial charge is 0.366 e. The quantitative estimate of drug-likeness (QED) is 0.911. The van der Waals surface area contributed by atoms with Gasteiger partial charge < -0.3 is 10.6 Å². The number of benzene rings is 1. The molecule has 0 saturated carbocycles.